The molecule has 1 aliphatic heterocycles. The zero-order valence-corrected chi connectivity index (χ0v) is 21.3. The summed E-state index contributed by atoms with van der Waals surface area (Å²) in [6.07, 6.45) is 2.94. The molecule has 11 heteroatoms. The van der Waals surface area contributed by atoms with Crippen LogP contribution in [-0.2, 0) is 17.9 Å². The molecule has 2 N–H and O–H groups in total. The SMILES string of the molecule is COc1ccc(NC(=O)c2ncn3c2C(=O)N(C2CC2)[C@](C)(C(=O)NCc2ccc(F)cc2)C3)c(OC)c1. The van der Waals surface area contributed by atoms with E-state index in [-0.39, 0.29) is 42.2 Å². The molecule has 1 atom stereocenters. The molecule has 0 radical (unpaired) electrons. The molecule has 0 bridgehead atoms. The van der Waals surface area contributed by atoms with E-state index in [9.17, 15) is 18.8 Å². The normalized spacial score (nSPS) is 18.5. The standard InChI is InChI=1S/C27H28FN5O5/c1-27(26(36)29-13-16-4-6-17(28)7-5-16)14-32-15-30-22(23(32)25(35)33(27)18-8-9-18)24(34)31-20-11-10-19(37-2)12-21(20)38-3/h4-7,10-12,15,18H,8-9,13-14H2,1-3H3,(H,29,36)(H,31,34)/t27-/m0/s1. The Kier molecular flexibility index (Phi) is 6.52. The van der Waals surface area contributed by atoms with E-state index >= 15 is 0 Å². The predicted molar refractivity (Wildman–Crippen MR) is 136 cm³/mol. The van der Waals surface area contributed by atoms with Crippen molar-refractivity contribution in [3.63, 3.8) is 0 Å². The average Bonchev–Trinajstić information content (AvgIpc) is 3.65. The number of ether oxygens (including phenoxy) is 2. The van der Waals surface area contributed by atoms with Crippen molar-refractivity contribution in [1.29, 1.82) is 0 Å². The number of benzene rings is 2. The topological polar surface area (TPSA) is 115 Å². The van der Waals surface area contributed by atoms with Crippen LogP contribution in [0.1, 0.15) is 46.3 Å². The summed E-state index contributed by atoms with van der Waals surface area (Å²) in [5, 5.41) is 5.64. The van der Waals surface area contributed by atoms with Gasteiger partial charge in [0.1, 0.15) is 28.5 Å². The van der Waals surface area contributed by atoms with Crippen LogP contribution in [0.25, 0.3) is 0 Å². The van der Waals surface area contributed by atoms with Crippen molar-refractivity contribution < 1.29 is 28.2 Å². The number of halogens is 1. The van der Waals surface area contributed by atoms with Gasteiger partial charge in [-0.05, 0) is 49.6 Å². The maximum Gasteiger partial charge on any atom is 0.276 e. The van der Waals surface area contributed by atoms with E-state index < -0.39 is 17.4 Å². The van der Waals surface area contributed by atoms with Gasteiger partial charge < -0.3 is 29.6 Å². The summed E-state index contributed by atoms with van der Waals surface area (Å²) in [6.45, 7) is 2.04. The fourth-order valence-corrected chi connectivity index (χ4v) is 4.78. The third-order valence-corrected chi connectivity index (χ3v) is 6.91. The Morgan fingerprint density at radius 3 is 2.53 bits per heavy atom. The van der Waals surface area contributed by atoms with Crippen molar-refractivity contribution in [2.75, 3.05) is 19.5 Å². The van der Waals surface area contributed by atoms with Gasteiger partial charge in [-0.15, -0.1) is 0 Å². The predicted octanol–water partition coefficient (Wildman–Crippen LogP) is 2.99. The third-order valence-electron chi connectivity index (χ3n) is 6.91. The van der Waals surface area contributed by atoms with Crippen molar-refractivity contribution in [2.45, 2.75) is 44.4 Å². The molecule has 1 fully saturated rings. The largest absolute Gasteiger partial charge is 0.497 e. The molecule has 1 saturated carbocycles. The maximum absolute atomic E-state index is 13.8. The zero-order valence-electron chi connectivity index (χ0n) is 21.3. The van der Waals surface area contributed by atoms with Gasteiger partial charge in [-0.1, -0.05) is 12.1 Å². The van der Waals surface area contributed by atoms with E-state index in [1.807, 2.05) is 0 Å². The molecule has 198 valence electrons. The second-order valence-electron chi connectivity index (χ2n) is 9.58. The van der Waals surface area contributed by atoms with Crippen LogP contribution in [0.3, 0.4) is 0 Å². The highest BCUT2D eigenvalue weighted by molar-refractivity contribution is 6.12. The number of amides is 3. The molecule has 0 saturated heterocycles. The van der Waals surface area contributed by atoms with E-state index in [0.29, 0.717) is 17.2 Å². The first-order valence-corrected chi connectivity index (χ1v) is 12.2. The van der Waals surface area contributed by atoms with Gasteiger partial charge in [0.15, 0.2) is 5.69 Å². The molecule has 38 heavy (non-hydrogen) atoms. The third kappa shape index (κ3) is 4.55. The number of methoxy groups -OCH3 is 2. The second-order valence-corrected chi connectivity index (χ2v) is 9.58. The maximum atomic E-state index is 13.8. The van der Waals surface area contributed by atoms with E-state index in [0.717, 1.165) is 18.4 Å². The average molecular weight is 522 g/mol. The summed E-state index contributed by atoms with van der Waals surface area (Å²) in [5.41, 5.74) is 0.0314. The Morgan fingerprint density at radius 2 is 1.87 bits per heavy atom. The molecule has 2 aromatic carbocycles. The number of hydrogen-bond acceptors (Lipinski definition) is 6. The van der Waals surface area contributed by atoms with Crippen molar-refractivity contribution in [3.05, 3.63) is 71.6 Å². The van der Waals surface area contributed by atoms with E-state index in [1.165, 1.54) is 32.7 Å². The van der Waals surface area contributed by atoms with Crippen LogP contribution in [0.5, 0.6) is 11.5 Å². The zero-order chi connectivity index (χ0) is 27.0. The molecule has 0 spiro atoms. The van der Waals surface area contributed by atoms with E-state index in [2.05, 4.69) is 15.6 Å². The molecule has 1 aliphatic carbocycles. The minimum absolute atomic E-state index is 0.0349. The molecule has 10 nitrogen and oxygen atoms in total. The van der Waals surface area contributed by atoms with Crippen LogP contribution in [0, 0.1) is 5.82 Å². The van der Waals surface area contributed by atoms with Gasteiger partial charge in [0.2, 0.25) is 5.91 Å². The number of anilines is 1. The number of nitrogens with zero attached hydrogens (tertiary/aromatic N) is 3. The lowest BCUT2D eigenvalue weighted by Crippen LogP contribution is -2.64. The lowest BCUT2D eigenvalue weighted by Gasteiger charge is -2.44. The van der Waals surface area contributed by atoms with Gasteiger partial charge in [0, 0.05) is 18.7 Å². The van der Waals surface area contributed by atoms with Crippen LogP contribution in [0.2, 0.25) is 0 Å². The Morgan fingerprint density at radius 1 is 1.13 bits per heavy atom. The fourth-order valence-electron chi connectivity index (χ4n) is 4.78. The highest BCUT2D eigenvalue weighted by Gasteiger charge is 2.53. The van der Waals surface area contributed by atoms with Gasteiger partial charge in [0.05, 0.1) is 32.8 Å². The molecule has 2 heterocycles. The lowest BCUT2D eigenvalue weighted by atomic mass is 9.93. The molecule has 0 unspecified atom stereocenters. The molecule has 3 aromatic rings. The highest BCUT2D eigenvalue weighted by Crippen LogP contribution is 2.39. The number of carbonyl (C=O) groups excluding carboxylic acids is 3. The van der Waals surface area contributed by atoms with Gasteiger partial charge in [0.25, 0.3) is 11.8 Å². The first-order chi connectivity index (χ1) is 18.2. The monoisotopic (exact) mass is 521 g/mol. The summed E-state index contributed by atoms with van der Waals surface area (Å²) in [5.74, 6) is -0.745. The van der Waals surface area contributed by atoms with Gasteiger partial charge >= 0.3 is 0 Å². The second kappa shape index (κ2) is 9.81. The summed E-state index contributed by atoms with van der Waals surface area (Å²) in [7, 11) is 3.00. The van der Waals surface area contributed by atoms with Gasteiger partial charge in [-0.2, -0.15) is 0 Å². The first-order valence-electron chi connectivity index (χ1n) is 12.2. The number of fused-ring (bicyclic) bond motifs is 1. The molecule has 5 rings (SSSR count). The lowest BCUT2D eigenvalue weighted by molar-refractivity contribution is -0.133. The van der Waals surface area contributed by atoms with E-state index in [4.69, 9.17) is 9.47 Å². The van der Waals surface area contributed by atoms with Gasteiger partial charge in [-0.3, -0.25) is 14.4 Å². The number of hydrogen-bond donors (Lipinski definition) is 2. The number of rotatable bonds is 8. The van der Waals surface area contributed by atoms with Crippen molar-refractivity contribution in [3.8, 4) is 11.5 Å². The highest BCUT2D eigenvalue weighted by atomic mass is 19.1. The van der Waals surface area contributed by atoms with Crippen molar-refractivity contribution in [1.82, 2.24) is 19.8 Å². The minimum atomic E-state index is -1.20. The Labute approximate surface area is 218 Å². The fraction of sp³-hybridized carbons (Fsp3) is 0.333. The number of carbonyl (C=O) groups is 3. The summed E-state index contributed by atoms with van der Waals surface area (Å²) in [6, 6.07) is 10.7. The Bertz CT molecular complexity index is 1400. The van der Waals surface area contributed by atoms with Crippen LogP contribution in [0.4, 0.5) is 10.1 Å². The van der Waals surface area contributed by atoms with Crippen LogP contribution < -0.4 is 20.1 Å². The minimum Gasteiger partial charge on any atom is -0.497 e. The quantitative estimate of drug-likeness (QED) is 0.471. The molecular weight excluding hydrogens is 493 g/mol. The number of imidazole rings is 1. The van der Waals surface area contributed by atoms with Crippen molar-refractivity contribution in [2.24, 2.45) is 0 Å². The molecular formula is C27H28FN5O5. The van der Waals surface area contributed by atoms with Crippen LogP contribution in [-0.4, -0.2) is 58.0 Å². The number of nitrogens with one attached hydrogen (secondary N) is 2. The van der Waals surface area contributed by atoms with Crippen molar-refractivity contribution >= 4 is 23.4 Å². The summed E-state index contributed by atoms with van der Waals surface area (Å²) < 4.78 is 25.3. The summed E-state index contributed by atoms with van der Waals surface area (Å²) >= 11 is 0. The first kappa shape index (κ1) is 25.2. The van der Waals surface area contributed by atoms with Gasteiger partial charge in [-0.25, -0.2) is 9.37 Å². The van der Waals surface area contributed by atoms with E-state index in [1.54, 1.807) is 46.7 Å². The summed E-state index contributed by atoms with van der Waals surface area (Å²) in [4.78, 5) is 46.3. The molecule has 2 aliphatic rings. The molecule has 1 aromatic heterocycles. The van der Waals surface area contributed by atoms with Crippen LogP contribution in [0.15, 0.2) is 48.8 Å². The Balaban J connectivity index is 1.40. The Hall–Kier alpha value is -4.41. The molecule has 3 amide bonds. The smallest absolute Gasteiger partial charge is 0.276 e. The number of aromatic nitrogens is 2. The van der Waals surface area contributed by atoms with Crippen LogP contribution >= 0.6 is 0 Å².